The molecule has 147 valence electrons. The molecule has 3 heteroatoms. The van der Waals surface area contributed by atoms with E-state index >= 15 is 0 Å². The molecule has 0 fully saturated rings. The Morgan fingerprint density at radius 2 is 0.826 bits per heavy atom. The molecule has 0 bridgehead atoms. The molecule has 0 aromatic rings. The normalized spacial score (nSPS) is 11.0. The molecule has 0 aromatic heterocycles. The Morgan fingerprint density at radius 1 is 0.522 bits per heavy atom. The molecule has 0 unspecified atom stereocenters. The summed E-state index contributed by atoms with van der Waals surface area (Å²) in [5.74, 6) is 0. The van der Waals surface area contributed by atoms with Gasteiger partial charge in [0.1, 0.15) is 0 Å². The molecule has 0 spiro atoms. The van der Waals surface area contributed by atoms with Gasteiger partial charge in [0.2, 0.25) is 0 Å². The number of nitrogens with zero attached hydrogens (tertiary/aromatic N) is 1. The Hall–Kier alpha value is 1.18. The number of rotatable bonds is 16. The first-order valence-corrected chi connectivity index (χ1v) is 9.94. The largest absolute Gasteiger partial charge is 0.329 e. The van der Waals surface area contributed by atoms with E-state index in [0.29, 0.717) is 0 Å². The number of unbranched alkanes of at least 4 members (excludes halogenated alkanes) is 13. The third-order valence-electron chi connectivity index (χ3n) is 4.97. The number of hydrogen-bond acceptors (Lipinski definition) is 0. The van der Waals surface area contributed by atoms with Crippen LogP contribution in [0.3, 0.4) is 0 Å². The fourth-order valence-corrected chi connectivity index (χ4v) is 2.89. The van der Waals surface area contributed by atoms with Gasteiger partial charge in [-0.1, -0.05) is 84.0 Å². The van der Waals surface area contributed by atoms with Gasteiger partial charge in [-0.25, -0.2) is 0 Å². The number of halogens is 1. The third kappa shape index (κ3) is 23.2. The zero-order valence-corrected chi connectivity index (χ0v) is 19.7. The summed E-state index contributed by atoms with van der Waals surface area (Å²) >= 11 is 0. The van der Waals surface area contributed by atoms with Gasteiger partial charge in [0.15, 0.2) is 0 Å². The summed E-state index contributed by atoms with van der Waals surface area (Å²) in [5.41, 5.74) is 0. The molecule has 0 aliphatic rings. The first kappa shape index (κ1) is 29.0. The first-order valence-electron chi connectivity index (χ1n) is 9.94. The Bertz CT molecular complexity index is 210. The van der Waals surface area contributed by atoms with Crippen LogP contribution in [0.15, 0.2) is 0 Å². The molecule has 0 rings (SSSR count). The Labute approximate surface area is 174 Å². The topological polar surface area (TPSA) is 0 Å². The van der Waals surface area contributed by atoms with E-state index in [0.717, 1.165) is 0 Å². The van der Waals surface area contributed by atoms with Crippen LogP contribution in [0, 0.1) is 0 Å². The van der Waals surface area contributed by atoms with Crippen LogP contribution in [0.4, 0.5) is 0 Å². The smallest absolute Gasteiger partial charge is 0.0782 e. The zero-order chi connectivity index (χ0) is 15.8. The van der Waals surface area contributed by atoms with Crippen LogP contribution in [0.5, 0.6) is 0 Å². The second kappa shape index (κ2) is 21.2. The van der Waals surface area contributed by atoms with Gasteiger partial charge in [-0.05, 0) is 19.8 Å². The molecule has 0 heterocycles. The minimum atomic E-state index is 0. The molecule has 0 saturated heterocycles. The molecule has 0 saturated carbocycles. The van der Waals surface area contributed by atoms with Crippen molar-refractivity contribution >= 4 is 17.0 Å². The first-order chi connectivity index (χ1) is 10.1. The van der Waals surface area contributed by atoms with E-state index in [4.69, 9.17) is 0 Å². The van der Waals surface area contributed by atoms with Crippen LogP contribution in [-0.2, 0) is 22.4 Å². The summed E-state index contributed by atoms with van der Waals surface area (Å²) in [6, 6.07) is 0. The maximum absolute atomic E-state index is 2.35. The maximum atomic E-state index is 2.35. The number of quaternary nitrogens is 1. The standard InChI is InChI=1S/C20H44N.Ag.BrH/c1-5-7-8-9-10-11-12-13-14-15-16-17-18-19-20-21(3,4)6-2;;/h5-20H2,1-4H3;;1H/q+1;;. The second-order valence-corrected chi connectivity index (χ2v) is 7.57. The summed E-state index contributed by atoms with van der Waals surface area (Å²) < 4.78 is 1.19. The predicted molar refractivity (Wildman–Crippen MR) is 108 cm³/mol. The van der Waals surface area contributed by atoms with Gasteiger partial charge in [-0.3, -0.25) is 0 Å². The van der Waals surface area contributed by atoms with Crippen molar-refractivity contribution in [1.29, 1.82) is 0 Å². The monoisotopic (exact) mass is 485 g/mol. The fourth-order valence-electron chi connectivity index (χ4n) is 2.89. The molecule has 23 heavy (non-hydrogen) atoms. The van der Waals surface area contributed by atoms with Crippen LogP contribution < -0.4 is 0 Å². The minimum absolute atomic E-state index is 0. The van der Waals surface area contributed by atoms with Crippen molar-refractivity contribution in [3.05, 3.63) is 0 Å². The van der Waals surface area contributed by atoms with Gasteiger partial charge in [0.25, 0.3) is 0 Å². The molecule has 1 radical (unpaired) electrons. The zero-order valence-electron chi connectivity index (χ0n) is 16.5. The van der Waals surface area contributed by atoms with Crippen molar-refractivity contribution in [3.8, 4) is 0 Å². The van der Waals surface area contributed by atoms with Gasteiger partial charge in [-0.15, -0.1) is 17.0 Å². The van der Waals surface area contributed by atoms with Gasteiger partial charge < -0.3 is 4.48 Å². The van der Waals surface area contributed by atoms with E-state index in [1.165, 1.54) is 107 Å². The van der Waals surface area contributed by atoms with Gasteiger partial charge in [0, 0.05) is 22.4 Å². The van der Waals surface area contributed by atoms with Crippen molar-refractivity contribution in [2.24, 2.45) is 0 Å². The molecule has 0 aliphatic heterocycles. The van der Waals surface area contributed by atoms with Gasteiger partial charge in [0.05, 0.1) is 27.2 Å². The van der Waals surface area contributed by atoms with Crippen LogP contribution in [-0.4, -0.2) is 31.7 Å². The van der Waals surface area contributed by atoms with Crippen LogP contribution in [0.1, 0.15) is 104 Å². The summed E-state index contributed by atoms with van der Waals surface area (Å²) in [6.07, 6.45) is 20.4. The minimum Gasteiger partial charge on any atom is -0.329 e. The predicted octanol–water partition coefficient (Wildman–Crippen LogP) is 7.14. The van der Waals surface area contributed by atoms with E-state index in [9.17, 15) is 0 Å². The van der Waals surface area contributed by atoms with E-state index in [1.54, 1.807) is 0 Å². The molecular weight excluding hydrogens is 442 g/mol. The molecule has 0 N–H and O–H groups in total. The van der Waals surface area contributed by atoms with Crippen molar-refractivity contribution in [2.75, 3.05) is 27.2 Å². The van der Waals surface area contributed by atoms with E-state index < -0.39 is 0 Å². The van der Waals surface area contributed by atoms with Crippen LogP contribution in [0.2, 0.25) is 0 Å². The fraction of sp³-hybridized carbons (Fsp3) is 1.00. The third-order valence-corrected chi connectivity index (χ3v) is 4.97. The van der Waals surface area contributed by atoms with E-state index in [2.05, 4.69) is 27.9 Å². The molecule has 0 atom stereocenters. The van der Waals surface area contributed by atoms with Crippen LogP contribution in [0.25, 0.3) is 0 Å². The SMILES string of the molecule is Br.CCCCCCCCCCCCCCCC[N+](C)(C)CC.[Ag]. The molecular formula is C20H45AgBrN+. The van der Waals surface area contributed by atoms with Crippen molar-refractivity contribution < 1.29 is 26.9 Å². The van der Waals surface area contributed by atoms with Crippen molar-refractivity contribution in [2.45, 2.75) is 104 Å². The Kier molecular flexibility index (Phi) is 26.7. The van der Waals surface area contributed by atoms with Crippen molar-refractivity contribution in [1.82, 2.24) is 0 Å². The summed E-state index contributed by atoms with van der Waals surface area (Å²) in [6.45, 7) is 7.21. The van der Waals surface area contributed by atoms with Crippen molar-refractivity contribution in [3.63, 3.8) is 0 Å². The summed E-state index contributed by atoms with van der Waals surface area (Å²) in [5, 5.41) is 0. The molecule has 0 aliphatic carbocycles. The molecule has 1 nitrogen and oxygen atoms in total. The van der Waals surface area contributed by atoms with E-state index in [-0.39, 0.29) is 39.4 Å². The Morgan fingerprint density at radius 3 is 1.13 bits per heavy atom. The average Bonchev–Trinajstić information content (AvgIpc) is 2.47. The Balaban J connectivity index is -0.00000200. The summed E-state index contributed by atoms with van der Waals surface area (Å²) in [7, 11) is 4.70. The quantitative estimate of drug-likeness (QED) is 0.123. The average molecular weight is 487 g/mol. The number of hydrogen-bond donors (Lipinski definition) is 0. The molecule has 0 aromatic carbocycles. The van der Waals surface area contributed by atoms with Gasteiger partial charge in [-0.2, -0.15) is 0 Å². The van der Waals surface area contributed by atoms with Gasteiger partial charge >= 0.3 is 0 Å². The van der Waals surface area contributed by atoms with Crippen LogP contribution >= 0.6 is 17.0 Å². The second-order valence-electron chi connectivity index (χ2n) is 7.57. The van der Waals surface area contributed by atoms with E-state index in [1.807, 2.05) is 0 Å². The molecule has 0 amide bonds. The summed E-state index contributed by atoms with van der Waals surface area (Å²) in [4.78, 5) is 0. The maximum Gasteiger partial charge on any atom is 0.0782 e.